The van der Waals surface area contributed by atoms with Gasteiger partial charge in [-0.3, -0.25) is 4.79 Å². The van der Waals surface area contributed by atoms with Crippen LogP contribution in [0.1, 0.15) is 43.9 Å². The first-order valence-corrected chi connectivity index (χ1v) is 7.18. The summed E-state index contributed by atoms with van der Waals surface area (Å²) in [6.45, 7) is 7.55. The Morgan fingerprint density at radius 2 is 1.80 bits per heavy atom. The van der Waals surface area contributed by atoms with Crippen molar-refractivity contribution in [1.29, 1.82) is 0 Å². The van der Waals surface area contributed by atoms with Gasteiger partial charge in [0, 0.05) is 20.1 Å². The standard InChI is InChI=1S/C16H26N2O2/c1-5-18(4)16(20)11-17-10-15(19)14-8-6-13(7-9-14)12(2)3/h6-9,12,15,17,19H,5,10-11H2,1-4H3. The van der Waals surface area contributed by atoms with Crippen LogP contribution in [0.5, 0.6) is 0 Å². The summed E-state index contributed by atoms with van der Waals surface area (Å²) in [6, 6.07) is 7.97. The maximum atomic E-state index is 11.6. The predicted molar refractivity (Wildman–Crippen MR) is 81.7 cm³/mol. The summed E-state index contributed by atoms with van der Waals surface area (Å²) >= 11 is 0. The summed E-state index contributed by atoms with van der Waals surface area (Å²) in [7, 11) is 1.77. The molecule has 1 unspecified atom stereocenters. The number of carbonyl (C=O) groups is 1. The van der Waals surface area contributed by atoms with Gasteiger partial charge in [-0.1, -0.05) is 38.1 Å². The third-order valence-electron chi connectivity index (χ3n) is 3.50. The van der Waals surface area contributed by atoms with Crippen molar-refractivity contribution >= 4 is 5.91 Å². The van der Waals surface area contributed by atoms with E-state index < -0.39 is 6.10 Å². The first-order valence-electron chi connectivity index (χ1n) is 7.18. The van der Waals surface area contributed by atoms with E-state index in [2.05, 4.69) is 19.2 Å². The molecule has 4 heteroatoms. The molecule has 20 heavy (non-hydrogen) atoms. The molecule has 0 heterocycles. The van der Waals surface area contributed by atoms with Crippen LogP contribution >= 0.6 is 0 Å². The number of benzene rings is 1. The van der Waals surface area contributed by atoms with Gasteiger partial charge >= 0.3 is 0 Å². The van der Waals surface area contributed by atoms with Crippen molar-refractivity contribution < 1.29 is 9.90 Å². The van der Waals surface area contributed by atoms with Gasteiger partial charge in [0.25, 0.3) is 0 Å². The Labute approximate surface area is 121 Å². The molecule has 1 atom stereocenters. The van der Waals surface area contributed by atoms with Gasteiger partial charge in [-0.25, -0.2) is 0 Å². The van der Waals surface area contributed by atoms with E-state index in [1.165, 1.54) is 5.56 Å². The molecular weight excluding hydrogens is 252 g/mol. The van der Waals surface area contributed by atoms with Crippen molar-refractivity contribution in [2.45, 2.75) is 32.8 Å². The number of aliphatic hydroxyl groups is 1. The first kappa shape index (κ1) is 16.7. The van der Waals surface area contributed by atoms with Gasteiger partial charge in [-0.2, -0.15) is 0 Å². The molecule has 1 amide bonds. The number of aliphatic hydroxyl groups excluding tert-OH is 1. The van der Waals surface area contributed by atoms with Crippen molar-refractivity contribution in [3.8, 4) is 0 Å². The number of nitrogens with one attached hydrogen (secondary N) is 1. The van der Waals surface area contributed by atoms with Gasteiger partial charge in [0.15, 0.2) is 0 Å². The summed E-state index contributed by atoms with van der Waals surface area (Å²) in [5, 5.41) is 13.1. The molecule has 112 valence electrons. The summed E-state index contributed by atoms with van der Waals surface area (Å²) in [6.07, 6.45) is -0.587. The zero-order chi connectivity index (χ0) is 15.1. The Morgan fingerprint density at radius 3 is 2.30 bits per heavy atom. The van der Waals surface area contributed by atoms with Crippen LogP contribution in [0.15, 0.2) is 24.3 Å². The van der Waals surface area contributed by atoms with E-state index in [1.54, 1.807) is 11.9 Å². The molecule has 0 radical (unpaired) electrons. The van der Waals surface area contributed by atoms with E-state index in [0.717, 1.165) is 5.56 Å². The van der Waals surface area contributed by atoms with Crippen LogP contribution in [0.3, 0.4) is 0 Å². The third-order valence-corrected chi connectivity index (χ3v) is 3.50. The van der Waals surface area contributed by atoms with Gasteiger partial charge in [0.05, 0.1) is 12.6 Å². The number of hydrogen-bond acceptors (Lipinski definition) is 3. The quantitative estimate of drug-likeness (QED) is 0.801. The second-order valence-corrected chi connectivity index (χ2v) is 5.38. The Hall–Kier alpha value is -1.39. The zero-order valence-electron chi connectivity index (χ0n) is 12.9. The van der Waals surface area contributed by atoms with Gasteiger partial charge in [-0.15, -0.1) is 0 Å². The minimum atomic E-state index is -0.587. The lowest BCUT2D eigenvalue weighted by Gasteiger charge is -2.17. The Bertz CT molecular complexity index is 415. The maximum Gasteiger partial charge on any atom is 0.236 e. The molecule has 0 bridgehead atoms. The number of likely N-dealkylation sites (N-methyl/N-ethyl adjacent to an activating group) is 1. The highest BCUT2D eigenvalue weighted by atomic mass is 16.3. The summed E-state index contributed by atoms with van der Waals surface area (Å²) in [4.78, 5) is 13.2. The largest absolute Gasteiger partial charge is 0.387 e. The van der Waals surface area contributed by atoms with Crippen LogP contribution in [-0.4, -0.2) is 42.6 Å². The van der Waals surface area contributed by atoms with Crippen LogP contribution in [0, 0.1) is 0 Å². The minimum absolute atomic E-state index is 0.0369. The van der Waals surface area contributed by atoms with E-state index >= 15 is 0 Å². The monoisotopic (exact) mass is 278 g/mol. The number of nitrogens with zero attached hydrogens (tertiary/aromatic N) is 1. The second-order valence-electron chi connectivity index (χ2n) is 5.38. The summed E-state index contributed by atoms with van der Waals surface area (Å²) in [5.41, 5.74) is 2.13. The SMILES string of the molecule is CCN(C)C(=O)CNCC(O)c1ccc(C(C)C)cc1. The lowest BCUT2D eigenvalue weighted by molar-refractivity contribution is -0.128. The van der Waals surface area contributed by atoms with E-state index in [1.807, 2.05) is 31.2 Å². The van der Waals surface area contributed by atoms with Crippen LogP contribution < -0.4 is 5.32 Å². The fourth-order valence-electron chi connectivity index (χ4n) is 1.85. The highest BCUT2D eigenvalue weighted by Crippen LogP contribution is 2.18. The summed E-state index contributed by atoms with van der Waals surface area (Å²) < 4.78 is 0. The van der Waals surface area contributed by atoms with Crippen LogP contribution in [0.25, 0.3) is 0 Å². The molecule has 0 spiro atoms. The molecule has 4 nitrogen and oxygen atoms in total. The molecule has 0 saturated carbocycles. The Balaban J connectivity index is 2.43. The van der Waals surface area contributed by atoms with Gasteiger partial charge in [-0.05, 0) is 24.0 Å². The Morgan fingerprint density at radius 1 is 1.25 bits per heavy atom. The maximum absolute atomic E-state index is 11.6. The number of hydrogen-bond donors (Lipinski definition) is 2. The summed E-state index contributed by atoms with van der Waals surface area (Å²) in [5.74, 6) is 0.524. The molecular formula is C16H26N2O2. The van der Waals surface area contributed by atoms with Crippen LogP contribution in [0.2, 0.25) is 0 Å². The van der Waals surface area contributed by atoms with Crippen molar-refractivity contribution in [2.75, 3.05) is 26.7 Å². The highest BCUT2D eigenvalue weighted by molar-refractivity contribution is 5.77. The molecule has 0 aliphatic carbocycles. The van der Waals surface area contributed by atoms with Crippen molar-refractivity contribution in [3.63, 3.8) is 0 Å². The average molecular weight is 278 g/mol. The Kier molecular flexibility index (Phi) is 6.68. The lowest BCUT2D eigenvalue weighted by atomic mass is 10.00. The second kappa shape index (κ2) is 8.02. The molecule has 0 aliphatic heterocycles. The van der Waals surface area contributed by atoms with E-state index in [-0.39, 0.29) is 12.5 Å². The van der Waals surface area contributed by atoms with E-state index in [0.29, 0.717) is 19.0 Å². The molecule has 1 aromatic carbocycles. The number of carbonyl (C=O) groups excluding carboxylic acids is 1. The fraction of sp³-hybridized carbons (Fsp3) is 0.562. The number of rotatable bonds is 7. The fourth-order valence-corrected chi connectivity index (χ4v) is 1.85. The third kappa shape index (κ3) is 4.94. The molecule has 1 aromatic rings. The van der Waals surface area contributed by atoms with Crippen molar-refractivity contribution in [2.24, 2.45) is 0 Å². The van der Waals surface area contributed by atoms with Gasteiger partial charge in [0.2, 0.25) is 5.91 Å². The van der Waals surface area contributed by atoms with Gasteiger partial charge in [0.1, 0.15) is 0 Å². The van der Waals surface area contributed by atoms with Crippen LogP contribution in [-0.2, 0) is 4.79 Å². The first-order chi connectivity index (χ1) is 9.45. The topological polar surface area (TPSA) is 52.6 Å². The van der Waals surface area contributed by atoms with Gasteiger partial charge < -0.3 is 15.3 Å². The molecule has 0 fully saturated rings. The van der Waals surface area contributed by atoms with Crippen LogP contribution in [0.4, 0.5) is 0 Å². The van der Waals surface area contributed by atoms with Crippen molar-refractivity contribution in [1.82, 2.24) is 10.2 Å². The smallest absolute Gasteiger partial charge is 0.236 e. The highest BCUT2D eigenvalue weighted by Gasteiger charge is 2.10. The molecule has 0 aliphatic rings. The molecule has 0 saturated heterocycles. The molecule has 2 N–H and O–H groups in total. The minimum Gasteiger partial charge on any atom is -0.387 e. The van der Waals surface area contributed by atoms with E-state index in [9.17, 15) is 9.90 Å². The predicted octanol–water partition coefficient (Wildman–Crippen LogP) is 1.91. The normalized spacial score (nSPS) is 12.5. The average Bonchev–Trinajstić information content (AvgIpc) is 2.46. The van der Waals surface area contributed by atoms with Crippen molar-refractivity contribution in [3.05, 3.63) is 35.4 Å². The number of amides is 1. The molecule has 1 rings (SSSR count). The lowest BCUT2D eigenvalue weighted by Crippen LogP contribution is -2.36. The zero-order valence-corrected chi connectivity index (χ0v) is 12.9. The van der Waals surface area contributed by atoms with E-state index in [4.69, 9.17) is 0 Å². The molecule has 0 aromatic heterocycles.